The molecule has 1 heterocycles. The van der Waals surface area contributed by atoms with Crippen molar-refractivity contribution in [2.75, 3.05) is 14.1 Å². The predicted molar refractivity (Wildman–Crippen MR) is 131 cm³/mol. The Morgan fingerprint density at radius 1 is 1.16 bits per heavy atom. The first-order chi connectivity index (χ1) is 18.0. The molecular weight excluding hydrogens is 498 g/mol. The van der Waals surface area contributed by atoms with E-state index in [1.807, 2.05) is 11.4 Å². The molecule has 13 nitrogen and oxygen atoms in total. The summed E-state index contributed by atoms with van der Waals surface area (Å²) in [4.78, 5) is 73.4. The molecule has 0 spiro atoms. The first-order valence-corrected chi connectivity index (χ1v) is 10.8. The van der Waals surface area contributed by atoms with Crippen molar-refractivity contribution in [3.8, 4) is 6.07 Å². The number of allylic oxidation sites excluding steroid dienone is 1. The Morgan fingerprint density at radius 3 is 2.39 bits per heavy atom. The molecule has 0 aromatic heterocycles. The average Bonchev–Trinajstić information content (AvgIpc) is 2.89. The summed E-state index contributed by atoms with van der Waals surface area (Å²) in [6.45, 7) is 0. The van der Waals surface area contributed by atoms with Gasteiger partial charge in [-0.15, -0.1) is 0 Å². The summed E-state index contributed by atoms with van der Waals surface area (Å²) < 4.78 is 0. The maximum atomic E-state index is 13.5. The molecule has 1 aliphatic rings. The second-order valence-corrected chi connectivity index (χ2v) is 7.83. The van der Waals surface area contributed by atoms with Crippen molar-refractivity contribution in [3.05, 3.63) is 86.0 Å². The second kappa shape index (κ2) is 11.0. The Kier molecular flexibility index (Phi) is 7.77. The third kappa shape index (κ3) is 5.14. The highest BCUT2D eigenvalue weighted by Crippen LogP contribution is 2.30. The zero-order chi connectivity index (χ0) is 28.1. The molecule has 0 unspecified atom stereocenters. The quantitative estimate of drug-likeness (QED) is 0.153. The highest BCUT2D eigenvalue weighted by molar-refractivity contribution is 6.31. The van der Waals surface area contributed by atoms with Crippen LogP contribution in [-0.4, -0.2) is 58.6 Å². The molecule has 38 heavy (non-hydrogen) atoms. The summed E-state index contributed by atoms with van der Waals surface area (Å²) in [6.07, 6.45) is 0.578. The van der Waals surface area contributed by atoms with Crippen molar-refractivity contribution >= 4 is 47.1 Å². The topological polar surface area (TPSA) is 200 Å². The number of carbonyl (C=O) groups excluding carboxylic acids is 4. The van der Waals surface area contributed by atoms with E-state index in [1.54, 1.807) is 0 Å². The minimum atomic E-state index is -1.38. The lowest BCUT2D eigenvalue weighted by Gasteiger charge is -2.23. The normalized spacial score (nSPS) is 14.9. The summed E-state index contributed by atoms with van der Waals surface area (Å²) in [5.74, 6) is -4.13. The monoisotopic (exact) mass is 517 g/mol. The summed E-state index contributed by atoms with van der Waals surface area (Å²) in [7, 11) is 2.53. The van der Waals surface area contributed by atoms with Crippen molar-refractivity contribution in [3.63, 3.8) is 0 Å². The molecular formula is C25H19N5O8. The van der Waals surface area contributed by atoms with Crippen LogP contribution in [0.15, 0.2) is 53.6 Å². The fourth-order valence-electron chi connectivity index (χ4n) is 3.74. The minimum absolute atomic E-state index is 0.0271. The van der Waals surface area contributed by atoms with Gasteiger partial charge in [-0.05, 0) is 23.8 Å². The van der Waals surface area contributed by atoms with E-state index in [-0.39, 0.29) is 33.5 Å². The summed E-state index contributed by atoms with van der Waals surface area (Å²) in [6, 6.07) is 9.66. The summed E-state index contributed by atoms with van der Waals surface area (Å²) in [5.41, 5.74) is -1.64. The first kappa shape index (κ1) is 27.0. The maximum absolute atomic E-state index is 13.5. The number of urea groups is 1. The zero-order valence-corrected chi connectivity index (χ0v) is 20.0. The molecule has 0 radical (unpaired) electrons. The van der Waals surface area contributed by atoms with Gasteiger partial charge >= 0.3 is 12.0 Å². The number of nitro benzene ring substituents is 1. The highest BCUT2D eigenvalue weighted by atomic mass is 16.6. The van der Waals surface area contributed by atoms with Crippen LogP contribution < -0.4 is 10.6 Å². The molecule has 3 rings (SSSR count). The van der Waals surface area contributed by atoms with Crippen LogP contribution in [0.2, 0.25) is 0 Å². The fourth-order valence-corrected chi connectivity index (χ4v) is 3.74. The van der Waals surface area contributed by atoms with E-state index < -0.39 is 52.2 Å². The van der Waals surface area contributed by atoms with Gasteiger partial charge in [0.05, 0.1) is 28.7 Å². The number of amides is 4. The Bertz CT molecular complexity index is 1520. The number of aromatic carboxylic acids is 1. The van der Waals surface area contributed by atoms with Crippen LogP contribution in [0.5, 0.6) is 0 Å². The second-order valence-electron chi connectivity index (χ2n) is 7.83. The molecule has 0 atom stereocenters. The van der Waals surface area contributed by atoms with E-state index in [0.29, 0.717) is 4.90 Å². The van der Waals surface area contributed by atoms with Gasteiger partial charge < -0.3 is 10.4 Å². The molecule has 1 aliphatic heterocycles. The van der Waals surface area contributed by atoms with E-state index in [1.165, 1.54) is 37.4 Å². The Labute approximate surface area is 214 Å². The van der Waals surface area contributed by atoms with Gasteiger partial charge in [0.15, 0.2) is 5.78 Å². The Balaban J connectivity index is 2.33. The van der Waals surface area contributed by atoms with Crippen LogP contribution in [0, 0.1) is 21.4 Å². The third-order valence-electron chi connectivity index (χ3n) is 5.61. The Hall–Kier alpha value is -5.64. The molecule has 2 aromatic rings. The third-order valence-corrected chi connectivity index (χ3v) is 5.61. The number of ketones is 1. The first-order valence-electron chi connectivity index (χ1n) is 10.8. The van der Waals surface area contributed by atoms with Gasteiger partial charge in [0.2, 0.25) is 0 Å². The number of barbiturate groups is 1. The van der Waals surface area contributed by atoms with Crippen molar-refractivity contribution in [1.82, 2.24) is 15.5 Å². The number of hydrogen-bond acceptors (Lipinski definition) is 9. The number of carbonyl (C=O) groups is 5. The number of nitriles is 1. The van der Waals surface area contributed by atoms with E-state index >= 15 is 0 Å². The molecule has 4 amide bonds. The standard InChI is InChI=1S/C25H19N5O8/c1-27-20(17(9-10-26)21(31)15-5-3-4-6-16(15)24(34)35)18-12-14(30(37)38)8-7-13(18)11-19-22(32)28-25(36)29(2)23(19)33/h3-8,11-12,27H,9H2,1-2H3,(H,34,35)(H,28,32,36)/b19-11-,20-17-. The number of nitrogens with zero attached hydrogens (tertiary/aromatic N) is 3. The van der Waals surface area contributed by atoms with Crippen molar-refractivity contribution in [1.29, 1.82) is 5.26 Å². The molecule has 1 saturated heterocycles. The smallest absolute Gasteiger partial charge is 0.336 e. The van der Waals surface area contributed by atoms with Gasteiger partial charge in [0.25, 0.3) is 17.5 Å². The van der Waals surface area contributed by atoms with Crippen LogP contribution in [0.3, 0.4) is 0 Å². The number of carboxylic acids is 1. The lowest BCUT2D eigenvalue weighted by Crippen LogP contribution is -2.52. The van der Waals surface area contributed by atoms with E-state index in [0.717, 1.165) is 25.3 Å². The van der Waals surface area contributed by atoms with E-state index in [2.05, 4.69) is 5.32 Å². The number of nitro groups is 1. The number of imide groups is 2. The van der Waals surface area contributed by atoms with E-state index in [9.17, 15) is 44.5 Å². The van der Waals surface area contributed by atoms with Crippen molar-refractivity contribution in [2.45, 2.75) is 6.42 Å². The van der Waals surface area contributed by atoms with Crippen LogP contribution in [0.25, 0.3) is 11.8 Å². The SMILES string of the molecule is CN/C(=C(/CC#N)C(=O)c1ccccc1C(=O)O)c1cc([N+](=O)[O-])ccc1/C=C1/C(=O)NC(=O)N(C)C1=O. The molecule has 2 aromatic carbocycles. The van der Waals surface area contributed by atoms with E-state index in [4.69, 9.17) is 0 Å². The lowest BCUT2D eigenvalue weighted by atomic mass is 9.91. The maximum Gasteiger partial charge on any atom is 0.336 e. The number of rotatable bonds is 8. The predicted octanol–water partition coefficient (Wildman–Crippen LogP) is 2.11. The largest absolute Gasteiger partial charge is 0.478 e. The number of likely N-dealkylation sites (N-methyl/N-ethyl adjacent to an activating group) is 1. The molecule has 0 aliphatic carbocycles. The van der Waals surface area contributed by atoms with Crippen LogP contribution in [-0.2, 0) is 9.59 Å². The Morgan fingerprint density at radius 2 is 1.82 bits per heavy atom. The van der Waals surface area contributed by atoms with Gasteiger partial charge in [0, 0.05) is 42.9 Å². The van der Waals surface area contributed by atoms with Gasteiger partial charge in [-0.3, -0.25) is 34.7 Å². The number of hydrogen-bond donors (Lipinski definition) is 3. The van der Waals surface area contributed by atoms with Gasteiger partial charge in [-0.25, -0.2) is 9.59 Å². The van der Waals surface area contributed by atoms with Crippen LogP contribution in [0.4, 0.5) is 10.5 Å². The molecule has 3 N–H and O–H groups in total. The molecule has 1 fully saturated rings. The number of Topliss-reactive ketones (excluding diaryl/α,β-unsaturated/α-hetero) is 1. The molecule has 0 bridgehead atoms. The average molecular weight is 517 g/mol. The van der Waals surface area contributed by atoms with Crippen molar-refractivity contribution in [2.24, 2.45) is 0 Å². The lowest BCUT2D eigenvalue weighted by molar-refractivity contribution is -0.384. The van der Waals surface area contributed by atoms with Gasteiger partial charge in [0.1, 0.15) is 5.57 Å². The van der Waals surface area contributed by atoms with Gasteiger partial charge in [-0.1, -0.05) is 18.2 Å². The molecule has 13 heteroatoms. The van der Waals surface area contributed by atoms with Gasteiger partial charge in [-0.2, -0.15) is 5.26 Å². The number of non-ortho nitro benzene ring substituents is 1. The van der Waals surface area contributed by atoms with Crippen LogP contribution >= 0.6 is 0 Å². The minimum Gasteiger partial charge on any atom is -0.478 e. The molecule has 0 saturated carbocycles. The summed E-state index contributed by atoms with van der Waals surface area (Å²) >= 11 is 0. The number of nitrogens with one attached hydrogen (secondary N) is 2. The number of benzene rings is 2. The number of carboxylic acid groups (broad SMARTS) is 1. The van der Waals surface area contributed by atoms with Crippen molar-refractivity contribution < 1.29 is 34.0 Å². The summed E-state index contributed by atoms with van der Waals surface area (Å²) in [5, 5.41) is 35.2. The molecule has 192 valence electrons. The fraction of sp³-hybridized carbons (Fsp3) is 0.120. The highest BCUT2D eigenvalue weighted by Gasteiger charge is 2.33. The van der Waals surface area contributed by atoms with Crippen LogP contribution in [0.1, 0.15) is 38.3 Å². The zero-order valence-electron chi connectivity index (χ0n) is 20.0.